The van der Waals surface area contributed by atoms with Crippen LogP contribution in [0.1, 0.15) is 18.2 Å². The van der Waals surface area contributed by atoms with Gasteiger partial charge in [-0.05, 0) is 26.0 Å². The molecule has 3 aliphatic rings. The Bertz CT molecular complexity index is 956. The fourth-order valence-corrected chi connectivity index (χ4v) is 3.83. The van der Waals surface area contributed by atoms with E-state index >= 15 is 0 Å². The summed E-state index contributed by atoms with van der Waals surface area (Å²) in [6, 6.07) is 3.95. The van der Waals surface area contributed by atoms with Gasteiger partial charge >= 0.3 is 6.09 Å². The molecule has 1 aromatic rings. The Morgan fingerprint density at radius 1 is 1.29 bits per heavy atom. The third kappa shape index (κ3) is 4.34. The Morgan fingerprint density at radius 2 is 2.03 bits per heavy atom. The highest BCUT2D eigenvalue weighted by molar-refractivity contribution is 5.96. The first-order valence-corrected chi connectivity index (χ1v) is 10.5. The van der Waals surface area contributed by atoms with E-state index in [1.807, 2.05) is 56.3 Å². The Morgan fingerprint density at radius 3 is 2.65 bits per heavy atom. The first-order valence-electron chi connectivity index (χ1n) is 10.5. The summed E-state index contributed by atoms with van der Waals surface area (Å²) in [6.07, 6.45) is 7.35. The monoisotopic (exact) mass is 423 g/mol. The van der Waals surface area contributed by atoms with Crippen LogP contribution in [0.15, 0.2) is 54.1 Å². The Hall–Kier alpha value is -3.13. The quantitative estimate of drug-likeness (QED) is 0.745. The highest BCUT2D eigenvalue weighted by Crippen LogP contribution is 2.27. The molecule has 0 saturated carbocycles. The normalized spacial score (nSPS) is 21.9. The van der Waals surface area contributed by atoms with Gasteiger partial charge in [0.05, 0.1) is 13.2 Å². The van der Waals surface area contributed by atoms with Gasteiger partial charge in [0.25, 0.3) is 0 Å². The van der Waals surface area contributed by atoms with Crippen molar-refractivity contribution in [3.63, 3.8) is 0 Å². The van der Waals surface area contributed by atoms with E-state index in [-0.39, 0.29) is 6.09 Å². The largest absolute Gasteiger partial charge is 0.438 e. The number of nitrogens with zero attached hydrogens (tertiary/aromatic N) is 5. The van der Waals surface area contributed by atoms with Crippen molar-refractivity contribution >= 4 is 17.5 Å². The van der Waals surface area contributed by atoms with E-state index in [9.17, 15) is 4.79 Å². The average molecular weight is 424 g/mol. The lowest BCUT2D eigenvalue weighted by atomic mass is 10.0. The lowest BCUT2D eigenvalue weighted by Gasteiger charge is -2.41. The maximum Gasteiger partial charge on any atom is 0.410 e. The van der Waals surface area contributed by atoms with Crippen LogP contribution in [0.4, 0.5) is 4.79 Å². The van der Waals surface area contributed by atoms with Crippen molar-refractivity contribution in [3.8, 4) is 0 Å². The smallest absolute Gasteiger partial charge is 0.410 e. The van der Waals surface area contributed by atoms with Gasteiger partial charge in [-0.25, -0.2) is 9.79 Å². The van der Waals surface area contributed by atoms with Crippen molar-refractivity contribution in [2.24, 2.45) is 4.99 Å². The van der Waals surface area contributed by atoms with E-state index in [4.69, 9.17) is 14.5 Å². The number of amides is 1. The van der Waals surface area contributed by atoms with Gasteiger partial charge in [0.15, 0.2) is 5.60 Å². The zero-order chi connectivity index (χ0) is 22.0. The second-order valence-corrected chi connectivity index (χ2v) is 8.26. The molecule has 3 aliphatic heterocycles. The molecule has 164 valence electrons. The Kier molecular flexibility index (Phi) is 5.82. The molecule has 1 aromatic heterocycles. The van der Waals surface area contributed by atoms with Gasteiger partial charge in [0.2, 0.25) is 0 Å². The molecule has 0 bridgehead atoms. The molecular formula is C23H29N5O3. The van der Waals surface area contributed by atoms with Crippen molar-refractivity contribution < 1.29 is 14.3 Å². The second kappa shape index (κ2) is 8.55. The number of pyridine rings is 1. The second-order valence-electron chi connectivity index (χ2n) is 8.26. The molecule has 0 aliphatic carbocycles. The van der Waals surface area contributed by atoms with Gasteiger partial charge in [-0.2, -0.15) is 0 Å². The number of amidine groups is 1. The van der Waals surface area contributed by atoms with Crippen LogP contribution in [-0.4, -0.2) is 83.7 Å². The van der Waals surface area contributed by atoms with Crippen LogP contribution in [0.2, 0.25) is 0 Å². The minimum atomic E-state index is -0.486. The first kappa shape index (κ1) is 21.1. The highest BCUT2D eigenvalue weighted by atomic mass is 16.6. The zero-order valence-corrected chi connectivity index (χ0v) is 18.4. The fraction of sp³-hybridized carbons (Fsp3) is 0.435. The Balaban J connectivity index is 1.49. The predicted molar refractivity (Wildman–Crippen MR) is 119 cm³/mol. The molecule has 2 fully saturated rings. The van der Waals surface area contributed by atoms with Crippen LogP contribution >= 0.6 is 0 Å². The van der Waals surface area contributed by atoms with E-state index in [0.29, 0.717) is 39.4 Å². The molecule has 8 nitrogen and oxygen atoms in total. The van der Waals surface area contributed by atoms with Crippen LogP contribution in [0, 0.1) is 6.92 Å². The molecule has 0 aromatic carbocycles. The molecule has 8 heteroatoms. The summed E-state index contributed by atoms with van der Waals surface area (Å²) in [6.45, 7) is 11.4. The van der Waals surface area contributed by atoms with Crippen molar-refractivity contribution in [2.75, 3.05) is 46.4 Å². The summed E-state index contributed by atoms with van der Waals surface area (Å²) in [5, 5.41) is 0. The lowest BCUT2D eigenvalue weighted by molar-refractivity contribution is -0.172. The first-order chi connectivity index (χ1) is 14.9. The maximum absolute atomic E-state index is 12.5. The number of carbonyl (C=O) groups is 1. The highest BCUT2D eigenvalue weighted by Gasteiger charge is 2.39. The van der Waals surface area contributed by atoms with Gasteiger partial charge in [0, 0.05) is 62.5 Å². The minimum absolute atomic E-state index is 0.270. The Labute approximate surface area is 183 Å². The molecule has 1 amide bonds. The summed E-state index contributed by atoms with van der Waals surface area (Å²) in [7, 11) is 1.97. The molecule has 4 rings (SSSR count). The summed E-state index contributed by atoms with van der Waals surface area (Å²) in [5.74, 6) is 1.70. The topological polar surface area (TPSA) is 70.5 Å². The third-order valence-corrected chi connectivity index (χ3v) is 5.75. The number of allylic oxidation sites excluding steroid dienone is 2. The van der Waals surface area contributed by atoms with Gasteiger partial charge in [0.1, 0.15) is 11.7 Å². The van der Waals surface area contributed by atoms with Crippen LogP contribution in [-0.2, 0) is 9.47 Å². The summed E-state index contributed by atoms with van der Waals surface area (Å²) in [4.78, 5) is 27.7. The van der Waals surface area contributed by atoms with E-state index < -0.39 is 5.60 Å². The van der Waals surface area contributed by atoms with Crippen LogP contribution in [0.5, 0.6) is 0 Å². The lowest BCUT2D eigenvalue weighted by Crippen LogP contribution is -2.56. The molecule has 0 spiro atoms. The number of aromatic nitrogens is 1. The number of aryl methyl sites for hydroxylation is 1. The molecule has 31 heavy (non-hydrogen) atoms. The molecule has 0 radical (unpaired) electrons. The predicted octanol–water partition coefficient (Wildman–Crippen LogP) is 2.65. The van der Waals surface area contributed by atoms with Crippen LogP contribution in [0.3, 0.4) is 0 Å². The van der Waals surface area contributed by atoms with Crippen molar-refractivity contribution in [1.82, 2.24) is 19.7 Å². The van der Waals surface area contributed by atoms with E-state index in [1.165, 1.54) is 0 Å². The summed E-state index contributed by atoms with van der Waals surface area (Å²) in [5.41, 5.74) is 2.40. The van der Waals surface area contributed by atoms with E-state index in [1.54, 1.807) is 11.1 Å². The standard InChI is InChI=1S/C23H29N5O3/c1-5-18(19-7-6-9-24-17(19)2)21-25-20(8-10-26(21)4)27-11-13-28(14-12-27)22(29)31-23(3)15-30-16-23/h5-10H,1,11-16H2,2-4H3/b21-18+. The molecular weight excluding hydrogens is 394 g/mol. The third-order valence-electron chi connectivity index (χ3n) is 5.75. The molecule has 2 saturated heterocycles. The number of aliphatic imine (C=N–C) groups is 1. The van der Waals surface area contributed by atoms with Gasteiger partial charge < -0.3 is 24.2 Å². The molecule has 0 N–H and O–H groups in total. The maximum atomic E-state index is 12.5. The number of ether oxygens (including phenoxy) is 2. The van der Waals surface area contributed by atoms with Crippen molar-refractivity contribution in [2.45, 2.75) is 19.4 Å². The average Bonchev–Trinajstić information content (AvgIpc) is 2.75. The van der Waals surface area contributed by atoms with Crippen LogP contribution in [0.25, 0.3) is 5.57 Å². The van der Waals surface area contributed by atoms with Crippen molar-refractivity contribution in [3.05, 3.63) is 60.3 Å². The summed E-state index contributed by atoms with van der Waals surface area (Å²) < 4.78 is 10.8. The van der Waals surface area contributed by atoms with Gasteiger partial charge in [-0.1, -0.05) is 18.7 Å². The van der Waals surface area contributed by atoms with Crippen molar-refractivity contribution in [1.29, 1.82) is 0 Å². The molecule has 0 unspecified atom stereocenters. The zero-order valence-electron chi connectivity index (χ0n) is 18.4. The SMILES string of the molecule is C=C/C(=C1/N=C(N2CCN(C(=O)OC3(C)COC3)CC2)C=CN1C)c1cccnc1C. The molecule has 0 atom stereocenters. The van der Waals surface area contributed by atoms with Gasteiger partial charge in [-0.3, -0.25) is 4.98 Å². The summed E-state index contributed by atoms with van der Waals surface area (Å²) >= 11 is 0. The number of hydrogen-bond acceptors (Lipinski definition) is 7. The van der Waals surface area contributed by atoms with Gasteiger partial charge in [-0.15, -0.1) is 0 Å². The minimum Gasteiger partial charge on any atom is -0.438 e. The van der Waals surface area contributed by atoms with E-state index in [2.05, 4.69) is 16.5 Å². The van der Waals surface area contributed by atoms with E-state index in [0.717, 1.165) is 28.5 Å². The fourth-order valence-electron chi connectivity index (χ4n) is 3.83. The number of piperazine rings is 1. The number of hydrogen-bond donors (Lipinski definition) is 0. The number of carbonyl (C=O) groups excluding carboxylic acids is 1. The van der Waals surface area contributed by atoms with Crippen LogP contribution < -0.4 is 0 Å². The number of rotatable bonds is 3. The molecule has 4 heterocycles.